The zero-order chi connectivity index (χ0) is 13.0. The summed E-state index contributed by atoms with van der Waals surface area (Å²) in [4.78, 5) is 24.4. The second-order valence-corrected chi connectivity index (χ2v) is 3.94. The maximum absolute atomic E-state index is 12.0. The van der Waals surface area contributed by atoms with Crippen LogP contribution in [-0.2, 0) is 0 Å². The third kappa shape index (κ3) is 3.72. The number of nitrogens with zero attached hydrogens (tertiary/aromatic N) is 1. The van der Waals surface area contributed by atoms with Gasteiger partial charge in [0.25, 0.3) is 5.91 Å². The second kappa shape index (κ2) is 6.98. The van der Waals surface area contributed by atoms with Crippen molar-refractivity contribution in [2.24, 2.45) is 11.5 Å². The minimum Gasteiger partial charge on any atom is -0.366 e. The van der Waals surface area contributed by atoms with Crippen molar-refractivity contribution in [3.05, 3.63) is 35.4 Å². The van der Waals surface area contributed by atoms with Crippen LogP contribution >= 0.6 is 12.4 Å². The molecule has 1 unspecified atom stereocenters. The summed E-state index contributed by atoms with van der Waals surface area (Å²) in [5.74, 6) is -0.633. The first-order chi connectivity index (χ1) is 7.97. The summed E-state index contributed by atoms with van der Waals surface area (Å²) in [6, 6.07) is 6.22. The van der Waals surface area contributed by atoms with Gasteiger partial charge in [-0.3, -0.25) is 9.59 Å². The molecule has 0 aliphatic rings. The van der Waals surface area contributed by atoms with Gasteiger partial charge in [-0.25, -0.2) is 0 Å². The van der Waals surface area contributed by atoms with Crippen LogP contribution in [0.25, 0.3) is 0 Å². The Balaban J connectivity index is 0.00000289. The van der Waals surface area contributed by atoms with Crippen molar-refractivity contribution in [1.82, 2.24) is 4.90 Å². The Morgan fingerprint density at radius 1 is 1.22 bits per heavy atom. The van der Waals surface area contributed by atoms with Gasteiger partial charge in [-0.1, -0.05) is 0 Å². The van der Waals surface area contributed by atoms with Crippen molar-refractivity contribution < 1.29 is 9.59 Å². The lowest BCUT2D eigenvalue weighted by Gasteiger charge is -2.23. The number of hydrogen-bond donors (Lipinski definition) is 2. The van der Waals surface area contributed by atoms with E-state index in [1.165, 1.54) is 12.1 Å². The molecule has 5 nitrogen and oxygen atoms in total. The van der Waals surface area contributed by atoms with Crippen LogP contribution in [0.1, 0.15) is 27.6 Å². The number of carbonyl (C=O) groups is 2. The van der Waals surface area contributed by atoms with E-state index in [1.807, 2.05) is 6.92 Å². The molecule has 0 heterocycles. The van der Waals surface area contributed by atoms with Gasteiger partial charge in [-0.05, 0) is 31.2 Å². The highest BCUT2D eigenvalue weighted by atomic mass is 35.5. The van der Waals surface area contributed by atoms with E-state index in [-0.39, 0.29) is 24.4 Å². The van der Waals surface area contributed by atoms with Gasteiger partial charge in [0.1, 0.15) is 0 Å². The maximum Gasteiger partial charge on any atom is 0.253 e. The van der Waals surface area contributed by atoms with Gasteiger partial charge >= 0.3 is 0 Å². The zero-order valence-corrected chi connectivity index (χ0v) is 11.2. The standard InChI is InChI=1S/C12H17N3O2.ClH/c1-8(7-13)15(2)12(17)10-5-3-9(4-6-10)11(14)16;/h3-6,8H,7,13H2,1-2H3,(H2,14,16);1H. The number of amides is 2. The summed E-state index contributed by atoms with van der Waals surface area (Å²) in [6.45, 7) is 2.28. The minimum atomic E-state index is -0.507. The second-order valence-electron chi connectivity index (χ2n) is 3.94. The SMILES string of the molecule is CC(CN)N(C)C(=O)c1ccc(C(N)=O)cc1.Cl. The van der Waals surface area contributed by atoms with Crippen molar-refractivity contribution >= 4 is 24.2 Å². The molecule has 2 amide bonds. The molecule has 1 aromatic carbocycles. The molecule has 4 N–H and O–H groups in total. The highest BCUT2D eigenvalue weighted by Gasteiger charge is 2.16. The molecule has 100 valence electrons. The molecule has 1 rings (SSSR count). The van der Waals surface area contributed by atoms with Gasteiger partial charge in [-0.15, -0.1) is 12.4 Å². The van der Waals surface area contributed by atoms with Crippen LogP contribution in [0.3, 0.4) is 0 Å². The van der Waals surface area contributed by atoms with Gasteiger partial charge < -0.3 is 16.4 Å². The Labute approximate surface area is 113 Å². The highest BCUT2D eigenvalue weighted by molar-refractivity contribution is 5.97. The number of benzene rings is 1. The fraction of sp³-hybridized carbons (Fsp3) is 0.333. The van der Waals surface area contributed by atoms with Crippen molar-refractivity contribution in [2.75, 3.05) is 13.6 Å². The molecule has 0 radical (unpaired) electrons. The van der Waals surface area contributed by atoms with Crippen molar-refractivity contribution in [2.45, 2.75) is 13.0 Å². The fourth-order valence-electron chi connectivity index (χ4n) is 1.34. The summed E-state index contributed by atoms with van der Waals surface area (Å²) < 4.78 is 0. The molecule has 0 bridgehead atoms. The lowest BCUT2D eigenvalue weighted by molar-refractivity contribution is 0.0748. The predicted octanol–water partition coefficient (Wildman–Crippen LogP) is 0.627. The number of nitrogens with two attached hydrogens (primary N) is 2. The highest BCUT2D eigenvalue weighted by Crippen LogP contribution is 2.08. The van der Waals surface area contributed by atoms with Gasteiger partial charge in [0.05, 0.1) is 0 Å². The molecular weight excluding hydrogens is 254 g/mol. The van der Waals surface area contributed by atoms with Crippen LogP contribution in [0, 0.1) is 0 Å². The first-order valence-corrected chi connectivity index (χ1v) is 5.34. The number of carbonyl (C=O) groups excluding carboxylic acids is 2. The van der Waals surface area contributed by atoms with E-state index in [2.05, 4.69) is 0 Å². The number of primary amides is 1. The van der Waals surface area contributed by atoms with Crippen molar-refractivity contribution in [1.29, 1.82) is 0 Å². The maximum atomic E-state index is 12.0. The number of halogens is 1. The molecular formula is C12H18ClN3O2. The molecule has 0 saturated heterocycles. The van der Waals surface area contributed by atoms with E-state index in [0.29, 0.717) is 17.7 Å². The van der Waals surface area contributed by atoms with Crippen LogP contribution in [0.15, 0.2) is 24.3 Å². The minimum absolute atomic E-state index is 0. The summed E-state index contributed by atoms with van der Waals surface area (Å²) in [5, 5.41) is 0. The van der Waals surface area contributed by atoms with E-state index < -0.39 is 5.91 Å². The smallest absolute Gasteiger partial charge is 0.253 e. The quantitative estimate of drug-likeness (QED) is 0.841. The van der Waals surface area contributed by atoms with Crippen LogP contribution in [0.5, 0.6) is 0 Å². The Kier molecular flexibility index (Phi) is 6.36. The van der Waals surface area contributed by atoms with Gasteiger partial charge in [0, 0.05) is 30.8 Å². The molecule has 0 fully saturated rings. The van der Waals surface area contributed by atoms with Gasteiger partial charge in [0.15, 0.2) is 0 Å². The first kappa shape index (κ1) is 16.4. The first-order valence-electron chi connectivity index (χ1n) is 5.34. The molecule has 1 aromatic rings. The largest absolute Gasteiger partial charge is 0.366 e. The monoisotopic (exact) mass is 271 g/mol. The van der Waals surface area contributed by atoms with Crippen LogP contribution in [0.4, 0.5) is 0 Å². The molecule has 6 heteroatoms. The average Bonchev–Trinajstić information content (AvgIpc) is 2.36. The van der Waals surface area contributed by atoms with E-state index in [0.717, 1.165) is 0 Å². The molecule has 0 aliphatic carbocycles. The van der Waals surface area contributed by atoms with Crippen LogP contribution in [0.2, 0.25) is 0 Å². The van der Waals surface area contributed by atoms with E-state index in [1.54, 1.807) is 24.1 Å². The molecule has 1 atom stereocenters. The number of likely N-dealkylation sites (N-methyl/N-ethyl adjacent to an activating group) is 1. The van der Waals surface area contributed by atoms with Gasteiger partial charge in [0.2, 0.25) is 5.91 Å². The molecule has 0 saturated carbocycles. The average molecular weight is 272 g/mol. The fourth-order valence-corrected chi connectivity index (χ4v) is 1.34. The summed E-state index contributed by atoms with van der Waals surface area (Å²) in [6.07, 6.45) is 0. The van der Waals surface area contributed by atoms with Crippen molar-refractivity contribution in [3.63, 3.8) is 0 Å². The van der Waals surface area contributed by atoms with E-state index in [4.69, 9.17) is 11.5 Å². The van der Waals surface area contributed by atoms with E-state index in [9.17, 15) is 9.59 Å². The molecule has 0 aliphatic heterocycles. The Hall–Kier alpha value is -1.59. The van der Waals surface area contributed by atoms with Gasteiger partial charge in [-0.2, -0.15) is 0 Å². The Bertz CT molecular complexity index is 420. The Morgan fingerprint density at radius 3 is 2.06 bits per heavy atom. The lowest BCUT2D eigenvalue weighted by Crippen LogP contribution is -2.39. The van der Waals surface area contributed by atoms with Crippen LogP contribution in [-0.4, -0.2) is 36.3 Å². The normalized spacial score (nSPS) is 11.3. The summed E-state index contributed by atoms with van der Waals surface area (Å²) in [5.41, 5.74) is 11.5. The molecule has 18 heavy (non-hydrogen) atoms. The topological polar surface area (TPSA) is 89.4 Å². The number of rotatable bonds is 4. The number of hydrogen-bond acceptors (Lipinski definition) is 3. The van der Waals surface area contributed by atoms with Crippen LogP contribution < -0.4 is 11.5 Å². The predicted molar refractivity (Wildman–Crippen MR) is 72.8 cm³/mol. The zero-order valence-electron chi connectivity index (χ0n) is 10.4. The molecule has 0 aromatic heterocycles. The molecule has 0 spiro atoms. The third-order valence-corrected chi connectivity index (χ3v) is 2.74. The Morgan fingerprint density at radius 2 is 1.67 bits per heavy atom. The van der Waals surface area contributed by atoms with Crippen molar-refractivity contribution in [3.8, 4) is 0 Å². The third-order valence-electron chi connectivity index (χ3n) is 2.74. The summed E-state index contributed by atoms with van der Waals surface area (Å²) in [7, 11) is 1.70. The van der Waals surface area contributed by atoms with E-state index >= 15 is 0 Å². The lowest BCUT2D eigenvalue weighted by atomic mass is 10.1. The summed E-state index contributed by atoms with van der Waals surface area (Å²) >= 11 is 0.